The number of esters is 1. The van der Waals surface area contributed by atoms with Crippen LogP contribution in [0, 0.1) is 0 Å². The maximum absolute atomic E-state index is 12.0. The number of hydrogen-bond donors (Lipinski definition) is 0. The zero-order valence-corrected chi connectivity index (χ0v) is 16.7. The Bertz CT molecular complexity index is 649. The van der Waals surface area contributed by atoms with Gasteiger partial charge in [0.2, 0.25) is 0 Å². The first-order valence-electron chi connectivity index (χ1n) is 10.1. The van der Waals surface area contributed by atoms with Crippen LogP contribution in [0.1, 0.15) is 76.0 Å². The van der Waals surface area contributed by atoms with E-state index in [1.807, 2.05) is 61.5 Å². The molecule has 0 aromatic heterocycles. The molecule has 0 spiro atoms. The molecule has 0 bridgehead atoms. The molecule has 0 aliphatic heterocycles. The zero-order valence-electron chi connectivity index (χ0n) is 16.7. The van der Waals surface area contributed by atoms with E-state index in [1.165, 1.54) is 25.7 Å². The standard InChI is InChI=1S/C24H32O3/c1-3-4-5-6-7-11-14-24(25)27-20(2)22-15-17-23(18-16-22)26-19-21-12-9-8-10-13-21/h8-10,12-13,15-18,20H,3-7,11,14,19H2,1-2H3. The fraction of sp³-hybridized carbons (Fsp3) is 0.458. The molecule has 0 heterocycles. The van der Waals surface area contributed by atoms with Gasteiger partial charge < -0.3 is 9.47 Å². The van der Waals surface area contributed by atoms with E-state index in [1.54, 1.807) is 0 Å². The molecule has 2 aromatic rings. The predicted molar refractivity (Wildman–Crippen MR) is 110 cm³/mol. The fourth-order valence-corrected chi connectivity index (χ4v) is 2.95. The molecule has 2 aromatic carbocycles. The van der Waals surface area contributed by atoms with Crippen molar-refractivity contribution in [1.82, 2.24) is 0 Å². The summed E-state index contributed by atoms with van der Waals surface area (Å²) in [7, 11) is 0. The normalized spacial score (nSPS) is 11.8. The van der Waals surface area contributed by atoms with E-state index < -0.39 is 0 Å². The maximum Gasteiger partial charge on any atom is 0.306 e. The van der Waals surface area contributed by atoms with Crippen molar-refractivity contribution in [3.63, 3.8) is 0 Å². The van der Waals surface area contributed by atoms with Crippen LogP contribution in [0.3, 0.4) is 0 Å². The van der Waals surface area contributed by atoms with E-state index in [0.29, 0.717) is 13.0 Å². The highest BCUT2D eigenvalue weighted by molar-refractivity contribution is 5.69. The van der Waals surface area contributed by atoms with Crippen LogP contribution >= 0.6 is 0 Å². The molecule has 146 valence electrons. The van der Waals surface area contributed by atoms with E-state index in [2.05, 4.69) is 6.92 Å². The van der Waals surface area contributed by atoms with Crippen molar-refractivity contribution in [3.05, 3.63) is 65.7 Å². The summed E-state index contributed by atoms with van der Waals surface area (Å²) in [4.78, 5) is 12.0. The molecule has 0 saturated carbocycles. The van der Waals surface area contributed by atoms with Gasteiger partial charge in [0.05, 0.1) is 0 Å². The van der Waals surface area contributed by atoms with Crippen LogP contribution in [-0.2, 0) is 16.1 Å². The molecule has 0 radical (unpaired) electrons. The van der Waals surface area contributed by atoms with Crippen LogP contribution in [-0.4, -0.2) is 5.97 Å². The number of carbonyl (C=O) groups excluding carboxylic acids is 1. The van der Waals surface area contributed by atoms with Crippen LogP contribution in [0.15, 0.2) is 54.6 Å². The molecule has 3 heteroatoms. The van der Waals surface area contributed by atoms with Crippen molar-refractivity contribution in [2.24, 2.45) is 0 Å². The van der Waals surface area contributed by atoms with E-state index in [-0.39, 0.29) is 12.1 Å². The van der Waals surface area contributed by atoms with Crippen LogP contribution in [0.4, 0.5) is 0 Å². The summed E-state index contributed by atoms with van der Waals surface area (Å²) in [6.07, 6.45) is 7.30. The maximum atomic E-state index is 12.0. The molecular formula is C24H32O3. The molecular weight excluding hydrogens is 336 g/mol. The third-order valence-corrected chi connectivity index (χ3v) is 4.64. The van der Waals surface area contributed by atoms with Gasteiger partial charge in [0, 0.05) is 6.42 Å². The van der Waals surface area contributed by atoms with Crippen LogP contribution in [0.25, 0.3) is 0 Å². The Morgan fingerprint density at radius 3 is 2.26 bits per heavy atom. The first kappa shape index (κ1) is 21.0. The molecule has 0 amide bonds. The van der Waals surface area contributed by atoms with E-state index in [0.717, 1.165) is 29.7 Å². The van der Waals surface area contributed by atoms with Gasteiger partial charge in [0.15, 0.2) is 0 Å². The van der Waals surface area contributed by atoms with Gasteiger partial charge in [0.1, 0.15) is 18.5 Å². The zero-order chi connectivity index (χ0) is 19.3. The lowest BCUT2D eigenvalue weighted by Gasteiger charge is -2.14. The van der Waals surface area contributed by atoms with Gasteiger partial charge >= 0.3 is 5.97 Å². The minimum Gasteiger partial charge on any atom is -0.489 e. The SMILES string of the molecule is CCCCCCCCC(=O)OC(C)c1ccc(OCc2ccccc2)cc1. The van der Waals surface area contributed by atoms with E-state index in [9.17, 15) is 4.79 Å². The Labute approximate surface area is 163 Å². The van der Waals surface area contributed by atoms with Crippen molar-refractivity contribution in [1.29, 1.82) is 0 Å². The molecule has 0 aliphatic carbocycles. The van der Waals surface area contributed by atoms with Crippen molar-refractivity contribution in [3.8, 4) is 5.75 Å². The molecule has 27 heavy (non-hydrogen) atoms. The summed E-state index contributed by atoms with van der Waals surface area (Å²) < 4.78 is 11.3. The Morgan fingerprint density at radius 1 is 0.889 bits per heavy atom. The summed E-state index contributed by atoms with van der Waals surface area (Å²) >= 11 is 0. The van der Waals surface area contributed by atoms with Crippen molar-refractivity contribution < 1.29 is 14.3 Å². The van der Waals surface area contributed by atoms with Crippen molar-refractivity contribution in [2.75, 3.05) is 0 Å². The summed E-state index contributed by atoms with van der Waals surface area (Å²) in [5.41, 5.74) is 2.12. The molecule has 1 unspecified atom stereocenters. The number of rotatable bonds is 12. The monoisotopic (exact) mass is 368 g/mol. The number of hydrogen-bond acceptors (Lipinski definition) is 3. The van der Waals surface area contributed by atoms with Crippen LogP contribution < -0.4 is 4.74 Å². The summed E-state index contributed by atoms with van der Waals surface area (Å²) in [5, 5.41) is 0. The van der Waals surface area contributed by atoms with Gasteiger partial charge in [0.25, 0.3) is 0 Å². The number of unbranched alkanes of at least 4 members (excludes halogenated alkanes) is 5. The average Bonchev–Trinajstić information content (AvgIpc) is 2.70. The summed E-state index contributed by atoms with van der Waals surface area (Å²) in [6.45, 7) is 4.67. The van der Waals surface area contributed by atoms with Gasteiger partial charge in [-0.2, -0.15) is 0 Å². The summed E-state index contributed by atoms with van der Waals surface area (Å²) in [6, 6.07) is 17.9. The summed E-state index contributed by atoms with van der Waals surface area (Å²) in [5.74, 6) is 0.704. The molecule has 0 saturated heterocycles. The lowest BCUT2D eigenvalue weighted by Crippen LogP contribution is -2.08. The molecule has 0 aliphatic rings. The number of benzene rings is 2. The lowest BCUT2D eigenvalue weighted by atomic mass is 10.1. The van der Waals surface area contributed by atoms with Crippen molar-refractivity contribution in [2.45, 2.75) is 71.5 Å². The third-order valence-electron chi connectivity index (χ3n) is 4.64. The minimum absolute atomic E-state index is 0.109. The molecule has 2 rings (SSSR count). The Morgan fingerprint density at radius 2 is 1.56 bits per heavy atom. The predicted octanol–water partition coefficient (Wildman–Crippen LogP) is 6.62. The first-order chi connectivity index (χ1) is 13.2. The molecule has 0 N–H and O–H groups in total. The van der Waals surface area contributed by atoms with Gasteiger partial charge in [-0.15, -0.1) is 0 Å². The average molecular weight is 369 g/mol. The Kier molecular flexibility index (Phi) is 9.47. The van der Waals surface area contributed by atoms with Gasteiger partial charge in [-0.25, -0.2) is 0 Å². The lowest BCUT2D eigenvalue weighted by molar-refractivity contribution is -0.148. The van der Waals surface area contributed by atoms with Gasteiger partial charge in [-0.1, -0.05) is 81.5 Å². The fourth-order valence-electron chi connectivity index (χ4n) is 2.95. The van der Waals surface area contributed by atoms with E-state index >= 15 is 0 Å². The third kappa shape index (κ3) is 8.29. The first-order valence-corrected chi connectivity index (χ1v) is 10.1. The molecule has 3 nitrogen and oxygen atoms in total. The quantitative estimate of drug-likeness (QED) is 0.312. The van der Waals surface area contributed by atoms with Crippen molar-refractivity contribution >= 4 is 5.97 Å². The largest absolute Gasteiger partial charge is 0.489 e. The molecule has 0 fully saturated rings. The Balaban J connectivity index is 1.69. The van der Waals surface area contributed by atoms with Crippen LogP contribution in [0.5, 0.6) is 5.75 Å². The topological polar surface area (TPSA) is 35.5 Å². The van der Waals surface area contributed by atoms with Gasteiger partial charge in [-0.3, -0.25) is 4.79 Å². The number of ether oxygens (including phenoxy) is 2. The second-order valence-electron chi connectivity index (χ2n) is 6.99. The smallest absolute Gasteiger partial charge is 0.306 e. The highest BCUT2D eigenvalue weighted by Gasteiger charge is 2.11. The highest BCUT2D eigenvalue weighted by Crippen LogP contribution is 2.22. The Hall–Kier alpha value is -2.29. The second-order valence-corrected chi connectivity index (χ2v) is 6.99. The number of carbonyl (C=O) groups is 1. The van der Waals surface area contributed by atoms with E-state index in [4.69, 9.17) is 9.47 Å². The van der Waals surface area contributed by atoms with Gasteiger partial charge in [-0.05, 0) is 36.6 Å². The minimum atomic E-state index is -0.235. The second kappa shape index (κ2) is 12.2. The van der Waals surface area contributed by atoms with Crippen LogP contribution in [0.2, 0.25) is 0 Å². The molecule has 1 atom stereocenters. The highest BCUT2D eigenvalue weighted by atomic mass is 16.5.